The molecule has 0 saturated carbocycles. The molecule has 2 aromatic rings. The summed E-state index contributed by atoms with van der Waals surface area (Å²) in [5.74, 6) is -0.156. The Labute approximate surface area is 136 Å². The Bertz CT molecular complexity index is 662. The van der Waals surface area contributed by atoms with E-state index in [2.05, 4.69) is 0 Å². The molecule has 0 saturated heterocycles. The lowest BCUT2D eigenvalue weighted by molar-refractivity contribution is 0.0635. The maximum Gasteiger partial charge on any atom is 0.253 e. The number of aliphatic hydroxyl groups excluding tert-OH is 1. The molecule has 1 N–H and O–H groups in total. The lowest BCUT2D eigenvalue weighted by Gasteiger charge is -2.24. The number of likely N-dealkylation sites (N-methyl/N-ethyl adjacent to an activating group) is 1. The van der Waals surface area contributed by atoms with Crippen molar-refractivity contribution in [2.24, 2.45) is 0 Å². The fourth-order valence-corrected chi connectivity index (χ4v) is 2.35. The predicted octanol–water partition coefficient (Wildman–Crippen LogP) is 3.00. The molecule has 23 heavy (non-hydrogen) atoms. The van der Waals surface area contributed by atoms with Crippen molar-refractivity contribution in [3.8, 4) is 0 Å². The van der Waals surface area contributed by atoms with Gasteiger partial charge in [0.2, 0.25) is 0 Å². The maximum absolute atomic E-state index is 12.5. The van der Waals surface area contributed by atoms with Gasteiger partial charge in [-0.05, 0) is 31.5 Å². The first-order chi connectivity index (χ1) is 11.0. The zero-order valence-electron chi connectivity index (χ0n) is 13.4. The number of benzene rings is 2. The molecule has 0 radical (unpaired) electrons. The van der Waals surface area contributed by atoms with E-state index in [0.717, 1.165) is 17.4 Å². The molecule has 1 amide bonds. The van der Waals surface area contributed by atoms with Gasteiger partial charge in [-0.25, -0.2) is 0 Å². The van der Waals surface area contributed by atoms with Gasteiger partial charge in [0, 0.05) is 17.7 Å². The lowest BCUT2D eigenvalue weighted by Crippen LogP contribution is -2.34. The van der Waals surface area contributed by atoms with Gasteiger partial charge < -0.3 is 10.0 Å². The molecule has 0 aliphatic rings. The van der Waals surface area contributed by atoms with E-state index in [1.165, 1.54) is 0 Å². The molecule has 4 nitrogen and oxygen atoms in total. The topological polar surface area (TPSA) is 57.6 Å². The van der Waals surface area contributed by atoms with Gasteiger partial charge in [-0.3, -0.25) is 9.59 Å². The van der Waals surface area contributed by atoms with Crippen molar-refractivity contribution in [2.45, 2.75) is 20.0 Å². The number of carbonyl (C=O) groups is 2. The third-order valence-electron chi connectivity index (χ3n) is 3.82. The largest absolute Gasteiger partial charge is 0.387 e. The van der Waals surface area contributed by atoms with E-state index >= 15 is 0 Å². The van der Waals surface area contributed by atoms with Crippen molar-refractivity contribution in [3.63, 3.8) is 0 Å². The Balaban J connectivity index is 2.10. The lowest BCUT2D eigenvalue weighted by atomic mass is 10.1. The third kappa shape index (κ3) is 4.27. The fourth-order valence-electron chi connectivity index (χ4n) is 2.35. The first-order valence-electron chi connectivity index (χ1n) is 7.64. The second-order valence-electron chi connectivity index (χ2n) is 5.51. The Morgan fingerprint density at radius 3 is 2.26 bits per heavy atom. The molecule has 0 aliphatic heterocycles. The molecular formula is C19H21NO3. The van der Waals surface area contributed by atoms with Gasteiger partial charge in [0.05, 0.1) is 12.6 Å². The summed E-state index contributed by atoms with van der Waals surface area (Å²) in [5, 5.41) is 10.4. The SMILES string of the molecule is CCN(CC(O)c1ccc(C)cc1)C(=O)c1ccc(C=O)cc1. The van der Waals surface area contributed by atoms with Crippen molar-refractivity contribution >= 4 is 12.2 Å². The van der Waals surface area contributed by atoms with Gasteiger partial charge in [-0.2, -0.15) is 0 Å². The zero-order chi connectivity index (χ0) is 16.8. The number of aliphatic hydroxyl groups is 1. The number of hydrogen-bond acceptors (Lipinski definition) is 3. The van der Waals surface area contributed by atoms with Crippen LogP contribution in [0.25, 0.3) is 0 Å². The summed E-state index contributed by atoms with van der Waals surface area (Å²) in [6.07, 6.45) is 0.0150. The number of aldehydes is 1. The number of nitrogens with zero attached hydrogens (tertiary/aromatic N) is 1. The highest BCUT2D eigenvalue weighted by atomic mass is 16.3. The molecule has 0 spiro atoms. The third-order valence-corrected chi connectivity index (χ3v) is 3.82. The highest BCUT2D eigenvalue weighted by molar-refractivity contribution is 5.94. The highest BCUT2D eigenvalue weighted by Gasteiger charge is 2.18. The van der Waals surface area contributed by atoms with Crippen molar-refractivity contribution in [1.82, 2.24) is 4.90 Å². The molecule has 0 aromatic heterocycles. The molecule has 120 valence electrons. The van der Waals surface area contributed by atoms with Crippen LogP contribution in [0.3, 0.4) is 0 Å². The molecule has 4 heteroatoms. The van der Waals surface area contributed by atoms with Crippen molar-refractivity contribution in [3.05, 3.63) is 70.8 Å². The van der Waals surface area contributed by atoms with Gasteiger partial charge in [-0.15, -0.1) is 0 Å². The van der Waals surface area contributed by atoms with Crippen LogP contribution in [-0.2, 0) is 0 Å². The summed E-state index contributed by atoms with van der Waals surface area (Å²) in [6.45, 7) is 4.59. The smallest absolute Gasteiger partial charge is 0.253 e. The Kier molecular flexibility index (Phi) is 5.66. The molecule has 1 atom stereocenters. The molecule has 0 bridgehead atoms. The van der Waals surface area contributed by atoms with E-state index in [4.69, 9.17) is 0 Å². The van der Waals surface area contributed by atoms with Crippen molar-refractivity contribution < 1.29 is 14.7 Å². The van der Waals surface area contributed by atoms with Crippen LogP contribution in [0, 0.1) is 6.92 Å². The average Bonchev–Trinajstić information content (AvgIpc) is 2.59. The number of rotatable bonds is 6. The van der Waals surface area contributed by atoms with E-state index in [1.807, 2.05) is 38.1 Å². The molecule has 0 fully saturated rings. The van der Waals surface area contributed by atoms with Gasteiger partial charge in [0.15, 0.2) is 0 Å². The van der Waals surface area contributed by atoms with Crippen molar-refractivity contribution in [1.29, 1.82) is 0 Å². The van der Waals surface area contributed by atoms with Gasteiger partial charge in [-0.1, -0.05) is 42.0 Å². The minimum atomic E-state index is -0.728. The molecule has 0 aliphatic carbocycles. The Hall–Kier alpha value is -2.46. The van der Waals surface area contributed by atoms with Crippen molar-refractivity contribution in [2.75, 3.05) is 13.1 Å². The number of hydrogen-bond donors (Lipinski definition) is 1. The summed E-state index contributed by atoms with van der Waals surface area (Å²) in [5.41, 5.74) is 2.95. The molecule has 2 rings (SSSR count). The summed E-state index contributed by atoms with van der Waals surface area (Å²) in [7, 11) is 0. The summed E-state index contributed by atoms with van der Waals surface area (Å²) in [6, 6.07) is 14.1. The number of aryl methyl sites for hydroxylation is 1. The van der Waals surface area contributed by atoms with E-state index < -0.39 is 6.10 Å². The number of carbonyl (C=O) groups excluding carboxylic acids is 2. The number of amides is 1. The normalized spacial score (nSPS) is 11.8. The van der Waals surface area contributed by atoms with Crippen LogP contribution in [0.2, 0.25) is 0 Å². The Morgan fingerprint density at radius 1 is 1.13 bits per heavy atom. The van der Waals surface area contributed by atoms with Gasteiger partial charge >= 0.3 is 0 Å². The quantitative estimate of drug-likeness (QED) is 0.834. The standard InChI is InChI=1S/C19H21NO3/c1-3-20(12-18(22)16-8-4-14(2)5-9-16)19(23)17-10-6-15(13-21)7-11-17/h4-11,13,18,22H,3,12H2,1-2H3. The highest BCUT2D eigenvalue weighted by Crippen LogP contribution is 2.16. The van der Waals surface area contributed by atoms with E-state index in [-0.39, 0.29) is 12.5 Å². The second kappa shape index (κ2) is 7.70. The van der Waals surface area contributed by atoms with Crippen LogP contribution in [0.5, 0.6) is 0 Å². The molecule has 2 aromatic carbocycles. The maximum atomic E-state index is 12.5. The monoisotopic (exact) mass is 311 g/mol. The van der Waals surface area contributed by atoms with Gasteiger partial charge in [0.25, 0.3) is 5.91 Å². The molecule has 1 unspecified atom stereocenters. The minimum absolute atomic E-state index is 0.156. The molecular weight excluding hydrogens is 290 g/mol. The summed E-state index contributed by atoms with van der Waals surface area (Å²) < 4.78 is 0. The summed E-state index contributed by atoms with van der Waals surface area (Å²) >= 11 is 0. The van der Waals surface area contributed by atoms with Crippen LogP contribution in [-0.4, -0.2) is 35.3 Å². The van der Waals surface area contributed by atoms with Crippen LogP contribution in [0.4, 0.5) is 0 Å². The fraction of sp³-hybridized carbons (Fsp3) is 0.263. The van der Waals surface area contributed by atoms with E-state index in [1.54, 1.807) is 29.2 Å². The summed E-state index contributed by atoms with van der Waals surface area (Å²) in [4.78, 5) is 24.8. The minimum Gasteiger partial charge on any atom is -0.387 e. The van der Waals surface area contributed by atoms with E-state index in [0.29, 0.717) is 17.7 Å². The predicted molar refractivity (Wildman–Crippen MR) is 89.5 cm³/mol. The Morgan fingerprint density at radius 2 is 1.74 bits per heavy atom. The average molecular weight is 311 g/mol. The second-order valence-corrected chi connectivity index (χ2v) is 5.51. The van der Waals surface area contributed by atoms with Crippen LogP contribution >= 0.6 is 0 Å². The first kappa shape index (κ1) is 16.9. The van der Waals surface area contributed by atoms with Crippen LogP contribution in [0.15, 0.2) is 48.5 Å². The van der Waals surface area contributed by atoms with E-state index in [9.17, 15) is 14.7 Å². The van der Waals surface area contributed by atoms with Gasteiger partial charge in [0.1, 0.15) is 6.29 Å². The van der Waals surface area contributed by atoms with Crippen LogP contribution < -0.4 is 0 Å². The zero-order valence-corrected chi connectivity index (χ0v) is 13.4. The molecule has 0 heterocycles. The first-order valence-corrected chi connectivity index (χ1v) is 7.64. The van der Waals surface area contributed by atoms with Crippen LogP contribution in [0.1, 0.15) is 44.9 Å².